The number of fused-ring (bicyclic) bond motifs is 1. The monoisotopic (exact) mass is 182 g/mol. The van der Waals surface area contributed by atoms with Gasteiger partial charge in [-0.3, -0.25) is 10.0 Å². The minimum absolute atomic E-state index is 0.162. The normalized spacial score (nSPS) is 10.5. The number of imidazole rings is 1. The van der Waals surface area contributed by atoms with Crippen LogP contribution in [-0.4, -0.2) is 24.8 Å². The molecule has 0 aliphatic heterocycles. The highest BCUT2D eigenvalue weighted by Gasteiger charge is 2.09. The minimum Gasteiger partial charge on any atom is -0.339 e. The number of nitrogens with one attached hydrogen (secondary N) is 2. The van der Waals surface area contributed by atoms with Crippen molar-refractivity contribution in [3.8, 4) is 0 Å². The van der Waals surface area contributed by atoms with Crippen LogP contribution in [0.2, 0.25) is 0 Å². The Morgan fingerprint density at radius 1 is 1.69 bits per heavy atom. The number of hydrogen-bond donors (Lipinski definition) is 4. The van der Waals surface area contributed by atoms with Crippen molar-refractivity contribution in [1.29, 1.82) is 0 Å². The number of H-pyrrole nitrogens is 1. The van der Waals surface area contributed by atoms with Crippen molar-refractivity contribution in [3.05, 3.63) is 16.7 Å². The van der Waals surface area contributed by atoms with Crippen LogP contribution in [0.15, 0.2) is 11.1 Å². The number of aromatic amines is 1. The van der Waals surface area contributed by atoms with Crippen molar-refractivity contribution in [3.63, 3.8) is 0 Å². The minimum atomic E-state index is -0.515. The maximum absolute atomic E-state index is 11.3. The van der Waals surface area contributed by atoms with Crippen LogP contribution in [0.3, 0.4) is 0 Å². The first-order valence-corrected chi connectivity index (χ1v) is 3.35. The standard InChI is InChI=1S/C5H6N6O2/c6-11-4(12)2-3(8-1-7-2)9-5(11)10-13/h1,13H,6H2,(H,7,8)(H,9,10). The Bertz CT molecular complexity index is 499. The van der Waals surface area contributed by atoms with Gasteiger partial charge in [-0.25, -0.2) is 10.5 Å². The van der Waals surface area contributed by atoms with E-state index in [1.807, 2.05) is 0 Å². The largest absolute Gasteiger partial charge is 0.339 e. The van der Waals surface area contributed by atoms with Gasteiger partial charge in [0.1, 0.15) is 0 Å². The van der Waals surface area contributed by atoms with Crippen molar-refractivity contribution in [1.82, 2.24) is 19.6 Å². The molecule has 0 amide bonds. The molecule has 0 atom stereocenters. The van der Waals surface area contributed by atoms with Crippen molar-refractivity contribution in [2.24, 2.45) is 0 Å². The molecule has 0 aliphatic rings. The van der Waals surface area contributed by atoms with Crippen LogP contribution in [0.1, 0.15) is 0 Å². The average molecular weight is 182 g/mol. The van der Waals surface area contributed by atoms with Gasteiger partial charge in [0.2, 0.25) is 0 Å². The maximum Gasteiger partial charge on any atom is 0.299 e. The maximum atomic E-state index is 11.3. The van der Waals surface area contributed by atoms with Gasteiger partial charge in [0.05, 0.1) is 6.33 Å². The third kappa shape index (κ3) is 0.924. The first kappa shape index (κ1) is 7.55. The molecule has 2 heterocycles. The Kier molecular flexibility index (Phi) is 1.43. The predicted octanol–water partition coefficient (Wildman–Crippen LogP) is -1.37. The molecule has 13 heavy (non-hydrogen) atoms. The van der Waals surface area contributed by atoms with Crippen LogP contribution in [0.25, 0.3) is 11.2 Å². The molecule has 8 nitrogen and oxygen atoms in total. The Labute approximate surface area is 71.0 Å². The summed E-state index contributed by atoms with van der Waals surface area (Å²) in [5.41, 5.74) is 1.57. The summed E-state index contributed by atoms with van der Waals surface area (Å²) in [5.74, 6) is 5.13. The molecule has 0 saturated heterocycles. The van der Waals surface area contributed by atoms with Gasteiger partial charge in [0.15, 0.2) is 11.2 Å². The van der Waals surface area contributed by atoms with Crippen LogP contribution < -0.4 is 16.9 Å². The molecule has 5 N–H and O–H groups in total. The molecule has 68 valence electrons. The molecule has 8 heteroatoms. The predicted molar refractivity (Wildman–Crippen MR) is 43.7 cm³/mol. The molecule has 0 aliphatic carbocycles. The summed E-state index contributed by atoms with van der Waals surface area (Å²) in [5, 5.41) is 8.55. The van der Waals surface area contributed by atoms with E-state index in [4.69, 9.17) is 11.0 Å². The zero-order chi connectivity index (χ0) is 9.42. The fraction of sp³-hybridized carbons (Fsp3) is 0. The highest BCUT2D eigenvalue weighted by molar-refractivity contribution is 5.69. The topological polar surface area (TPSA) is 122 Å². The zero-order valence-electron chi connectivity index (χ0n) is 6.35. The van der Waals surface area contributed by atoms with E-state index in [0.717, 1.165) is 0 Å². The third-order valence-electron chi connectivity index (χ3n) is 1.59. The van der Waals surface area contributed by atoms with Crippen LogP contribution in [-0.2, 0) is 0 Å². The average Bonchev–Trinajstić information content (AvgIpc) is 2.59. The number of nitrogen functional groups attached to an aromatic ring is 1. The lowest BCUT2D eigenvalue weighted by Crippen LogP contribution is -2.30. The summed E-state index contributed by atoms with van der Waals surface area (Å²) in [6, 6.07) is 0. The van der Waals surface area contributed by atoms with Gasteiger partial charge in [-0.2, -0.15) is 9.66 Å². The van der Waals surface area contributed by atoms with Crippen molar-refractivity contribution < 1.29 is 5.21 Å². The van der Waals surface area contributed by atoms with Gasteiger partial charge in [-0.1, -0.05) is 0 Å². The van der Waals surface area contributed by atoms with Gasteiger partial charge in [-0.15, -0.1) is 0 Å². The molecule has 0 aromatic carbocycles. The van der Waals surface area contributed by atoms with E-state index in [1.165, 1.54) is 6.33 Å². The SMILES string of the molecule is Nn1c(NO)nc2nc[nH]c2c1=O. The fourth-order valence-corrected chi connectivity index (χ4v) is 0.979. The quantitative estimate of drug-likeness (QED) is 0.319. The van der Waals surface area contributed by atoms with Gasteiger partial charge < -0.3 is 10.8 Å². The molecule has 0 unspecified atom stereocenters. The summed E-state index contributed by atoms with van der Waals surface area (Å²) in [6.07, 6.45) is 1.32. The number of rotatable bonds is 1. The first-order chi connectivity index (χ1) is 6.24. The van der Waals surface area contributed by atoms with E-state index in [-0.39, 0.29) is 17.1 Å². The van der Waals surface area contributed by atoms with Gasteiger partial charge in [0, 0.05) is 0 Å². The molecule has 2 aromatic heterocycles. The van der Waals surface area contributed by atoms with Crippen LogP contribution in [0.5, 0.6) is 0 Å². The molecular weight excluding hydrogens is 176 g/mol. The molecule has 0 spiro atoms. The van der Waals surface area contributed by atoms with Gasteiger partial charge in [0.25, 0.3) is 11.5 Å². The van der Waals surface area contributed by atoms with E-state index in [9.17, 15) is 4.79 Å². The summed E-state index contributed by atoms with van der Waals surface area (Å²) >= 11 is 0. The Hall–Kier alpha value is -2.09. The van der Waals surface area contributed by atoms with E-state index in [2.05, 4.69) is 15.0 Å². The van der Waals surface area contributed by atoms with E-state index < -0.39 is 5.56 Å². The molecular formula is C5H6N6O2. The Balaban J connectivity index is 2.92. The highest BCUT2D eigenvalue weighted by Crippen LogP contribution is 2.02. The fourth-order valence-electron chi connectivity index (χ4n) is 0.979. The second-order valence-electron chi connectivity index (χ2n) is 2.32. The van der Waals surface area contributed by atoms with Crippen molar-refractivity contribution in [2.75, 3.05) is 11.3 Å². The second-order valence-corrected chi connectivity index (χ2v) is 2.32. The van der Waals surface area contributed by atoms with Gasteiger partial charge >= 0.3 is 0 Å². The second kappa shape index (κ2) is 2.45. The summed E-state index contributed by atoms with van der Waals surface area (Å²) in [6.45, 7) is 0. The van der Waals surface area contributed by atoms with E-state index in [1.54, 1.807) is 5.48 Å². The molecule has 0 fully saturated rings. The number of nitrogens with two attached hydrogens (primary N) is 1. The summed E-state index contributed by atoms with van der Waals surface area (Å²) in [7, 11) is 0. The number of aromatic nitrogens is 4. The molecule has 0 bridgehead atoms. The third-order valence-corrected chi connectivity index (χ3v) is 1.59. The van der Waals surface area contributed by atoms with Gasteiger partial charge in [-0.05, 0) is 0 Å². The highest BCUT2D eigenvalue weighted by atomic mass is 16.5. The zero-order valence-corrected chi connectivity index (χ0v) is 6.35. The summed E-state index contributed by atoms with van der Waals surface area (Å²) < 4.78 is 0.681. The molecule has 2 rings (SSSR count). The number of anilines is 1. The Morgan fingerprint density at radius 2 is 2.46 bits per heavy atom. The van der Waals surface area contributed by atoms with E-state index >= 15 is 0 Å². The number of hydrogen-bond acceptors (Lipinski definition) is 6. The molecule has 0 saturated carbocycles. The van der Waals surface area contributed by atoms with Crippen molar-refractivity contribution in [2.45, 2.75) is 0 Å². The van der Waals surface area contributed by atoms with Crippen molar-refractivity contribution >= 4 is 17.1 Å². The first-order valence-electron chi connectivity index (χ1n) is 3.35. The van der Waals surface area contributed by atoms with Crippen LogP contribution in [0.4, 0.5) is 5.95 Å². The smallest absolute Gasteiger partial charge is 0.299 e. The van der Waals surface area contributed by atoms with Crippen LogP contribution in [0, 0.1) is 0 Å². The number of nitrogens with zero attached hydrogens (tertiary/aromatic N) is 3. The lowest BCUT2D eigenvalue weighted by atomic mass is 10.5. The molecule has 2 aromatic rings. The Morgan fingerprint density at radius 3 is 3.15 bits per heavy atom. The lowest BCUT2D eigenvalue weighted by Gasteiger charge is -2.02. The molecule has 0 radical (unpaired) electrons. The summed E-state index contributed by atoms with van der Waals surface area (Å²) in [4.78, 5) is 21.4. The lowest BCUT2D eigenvalue weighted by molar-refractivity contribution is 0.379. The van der Waals surface area contributed by atoms with E-state index in [0.29, 0.717) is 4.68 Å². The van der Waals surface area contributed by atoms with Crippen LogP contribution >= 0.6 is 0 Å².